The van der Waals surface area contributed by atoms with Gasteiger partial charge in [0.15, 0.2) is 0 Å². The fraction of sp³-hybridized carbons (Fsp3) is 0.0870. The second-order valence-electron chi connectivity index (χ2n) is 6.83. The van der Waals surface area contributed by atoms with E-state index in [4.69, 9.17) is 21.1 Å². The second kappa shape index (κ2) is 7.65. The summed E-state index contributed by atoms with van der Waals surface area (Å²) in [5.74, 6) is -0.168. The molecule has 4 rings (SSSR count). The fourth-order valence-electron chi connectivity index (χ4n) is 3.20. The Balaban J connectivity index is 1.61. The lowest BCUT2D eigenvalue weighted by Gasteiger charge is -2.11. The fourth-order valence-corrected chi connectivity index (χ4v) is 3.37. The van der Waals surface area contributed by atoms with Gasteiger partial charge >= 0.3 is 5.97 Å². The van der Waals surface area contributed by atoms with Crippen LogP contribution >= 0.6 is 11.6 Å². The highest BCUT2D eigenvalue weighted by Gasteiger charge is 2.29. The predicted molar refractivity (Wildman–Crippen MR) is 116 cm³/mol. The van der Waals surface area contributed by atoms with Gasteiger partial charge in [0.25, 0.3) is 5.91 Å². The number of carboxylic acids is 1. The monoisotopic (exact) mass is 420 g/mol. The van der Waals surface area contributed by atoms with Crippen molar-refractivity contribution in [1.29, 1.82) is 0 Å². The average molecular weight is 421 g/mol. The van der Waals surface area contributed by atoms with E-state index in [2.05, 4.69) is 5.10 Å². The summed E-state index contributed by atoms with van der Waals surface area (Å²) in [6.07, 6.45) is 1.65. The van der Waals surface area contributed by atoms with Crippen molar-refractivity contribution >= 4 is 41.0 Å². The quantitative estimate of drug-likeness (QED) is 0.572. The molecule has 2 heterocycles. The Hall–Kier alpha value is -3.64. The number of furan rings is 1. The smallest absolute Gasteiger partial charge is 0.335 e. The molecule has 1 aliphatic heterocycles. The Morgan fingerprint density at radius 1 is 1.10 bits per heavy atom. The zero-order chi connectivity index (χ0) is 21.4. The largest absolute Gasteiger partial charge is 0.478 e. The summed E-state index contributed by atoms with van der Waals surface area (Å²) in [4.78, 5) is 23.9. The van der Waals surface area contributed by atoms with Crippen LogP contribution in [0.5, 0.6) is 0 Å². The van der Waals surface area contributed by atoms with Gasteiger partial charge in [-0.15, -0.1) is 0 Å². The number of aromatic carboxylic acids is 1. The number of amides is 1. The molecular weight excluding hydrogens is 404 g/mol. The molecule has 7 heteroatoms. The van der Waals surface area contributed by atoms with Crippen LogP contribution < -0.4 is 5.01 Å². The van der Waals surface area contributed by atoms with Gasteiger partial charge in [0.1, 0.15) is 11.5 Å². The number of carbonyl (C=O) groups is 2. The second-order valence-corrected chi connectivity index (χ2v) is 7.23. The molecule has 150 valence electrons. The van der Waals surface area contributed by atoms with Crippen LogP contribution in [0.2, 0.25) is 5.02 Å². The maximum atomic E-state index is 12.9. The number of nitrogens with zero attached hydrogens (tertiary/aromatic N) is 2. The molecule has 0 aliphatic carbocycles. The van der Waals surface area contributed by atoms with Crippen molar-refractivity contribution in [3.63, 3.8) is 0 Å². The molecule has 0 saturated heterocycles. The molecule has 0 radical (unpaired) electrons. The van der Waals surface area contributed by atoms with Crippen LogP contribution in [0.25, 0.3) is 17.4 Å². The number of carboxylic acid groups (broad SMARTS) is 1. The van der Waals surface area contributed by atoms with E-state index in [0.717, 1.165) is 11.1 Å². The summed E-state index contributed by atoms with van der Waals surface area (Å²) in [6, 6.07) is 15.2. The first-order valence-electron chi connectivity index (χ1n) is 9.15. The van der Waals surface area contributed by atoms with Crippen molar-refractivity contribution in [1.82, 2.24) is 0 Å². The summed E-state index contributed by atoms with van der Waals surface area (Å²) in [5, 5.41) is 15.2. The topological polar surface area (TPSA) is 83.1 Å². The SMILES string of the molecule is CC1=NN(c2ccc(C(=O)O)cc2)C(=O)C1=Cc1ccc(-c2cccc(Cl)c2C)o1. The maximum absolute atomic E-state index is 12.9. The van der Waals surface area contributed by atoms with Crippen molar-refractivity contribution < 1.29 is 19.1 Å². The minimum absolute atomic E-state index is 0.140. The van der Waals surface area contributed by atoms with Gasteiger partial charge in [-0.05, 0) is 68.0 Å². The molecule has 0 bridgehead atoms. The van der Waals surface area contributed by atoms with Crippen LogP contribution in [0.3, 0.4) is 0 Å². The molecule has 1 N–H and O–H groups in total. The lowest BCUT2D eigenvalue weighted by atomic mass is 10.1. The van der Waals surface area contributed by atoms with Crippen molar-refractivity contribution in [2.75, 3.05) is 5.01 Å². The van der Waals surface area contributed by atoms with Gasteiger partial charge in [-0.25, -0.2) is 4.79 Å². The highest BCUT2D eigenvalue weighted by Crippen LogP contribution is 2.31. The first-order chi connectivity index (χ1) is 14.3. The third-order valence-corrected chi connectivity index (χ3v) is 5.28. The Morgan fingerprint density at radius 2 is 1.83 bits per heavy atom. The van der Waals surface area contributed by atoms with Gasteiger partial charge in [-0.1, -0.05) is 23.7 Å². The van der Waals surface area contributed by atoms with Gasteiger partial charge < -0.3 is 9.52 Å². The number of hydrogen-bond donors (Lipinski definition) is 1. The van der Waals surface area contributed by atoms with E-state index < -0.39 is 5.97 Å². The van der Waals surface area contributed by atoms with E-state index in [0.29, 0.717) is 33.5 Å². The molecule has 0 atom stereocenters. The van der Waals surface area contributed by atoms with E-state index in [1.807, 2.05) is 31.2 Å². The lowest BCUT2D eigenvalue weighted by molar-refractivity contribution is -0.114. The third kappa shape index (κ3) is 3.53. The van der Waals surface area contributed by atoms with Crippen LogP contribution in [0.4, 0.5) is 5.69 Å². The highest BCUT2D eigenvalue weighted by atomic mass is 35.5. The lowest BCUT2D eigenvalue weighted by Crippen LogP contribution is -2.21. The zero-order valence-corrected chi connectivity index (χ0v) is 17.0. The van der Waals surface area contributed by atoms with Crippen molar-refractivity contribution in [3.05, 3.63) is 82.1 Å². The summed E-state index contributed by atoms with van der Waals surface area (Å²) in [5.41, 5.74) is 3.37. The van der Waals surface area contributed by atoms with E-state index in [9.17, 15) is 9.59 Å². The number of halogens is 1. The van der Waals surface area contributed by atoms with E-state index in [1.54, 1.807) is 31.2 Å². The normalized spacial score (nSPS) is 15.0. The van der Waals surface area contributed by atoms with Crippen LogP contribution in [0.15, 0.2) is 69.7 Å². The molecule has 0 spiro atoms. The standard InChI is InChI=1S/C23H17ClN2O4/c1-13-18(4-3-5-20(13)24)21-11-10-17(30-21)12-19-14(2)25-26(22(19)27)16-8-6-15(7-9-16)23(28)29/h3-12H,1-2H3,(H,28,29). The Bertz CT molecular complexity index is 1220. The Morgan fingerprint density at radius 3 is 2.53 bits per heavy atom. The van der Waals surface area contributed by atoms with Crippen LogP contribution in [-0.4, -0.2) is 22.7 Å². The van der Waals surface area contributed by atoms with E-state index in [-0.39, 0.29) is 11.5 Å². The van der Waals surface area contributed by atoms with Crippen LogP contribution in [0.1, 0.15) is 28.6 Å². The predicted octanol–water partition coefficient (Wildman–Crippen LogP) is 5.41. The molecule has 2 aromatic carbocycles. The molecule has 3 aromatic rings. The Labute approximate surface area is 177 Å². The van der Waals surface area contributed by atoms with Crippen molar-refractivity contribution in [2.45, 2.75) is 13.8 Å². The number of benzene rings is 2. The molecular formula is C23H17ClN2O4. The first kappa shape index (κ1) is 19.7. The molecule has 0 fully saturated rings. The van der Waals surface area contributed by atoms with E-state index in [1.165, 1.54) is 17.1 Å². The van der Waals surface area contributed by atoms with Gasteiger partial charge in [0.2, 0.25) is 0 Å². The zero-order valence-electron chi connectivity index (χ0n) is 16.2. The number of rotatable bonds is 4. The van der Waals surface area contributed by atoms with Crippen LogP contribution in [0, 0.1) is 6.92 Å². The molecule has 1 aromatic heterocycles. The Kier molecular flexibility index (Phi) is 5.01. The van der Waals surface area contributed by atoms with Crippen molar-refractivity contribution in [3.8, 4) is 11.3 Å². The molecule has 0 saturated carbocycles. The number of hydrogen-bond acceptors (Lipinski definition) is 4. The minimum atomic E-state index is -1.03. The number of carbonyl (C=O) groups excluding carboxylic acids is 1. The first-order valence-corrected chi connectivity index (χ1v) is 9.53. The molecule has 1 amide bonds. The summed E-state index contributed by atoms with van der Waals surface area (Å²) in [7, 11) is 0. The molecule has 0 unspecified atom stereocenters. The van der Waals surface area contributed by atoms with Gasteiger partial charge in [-0.3, -0.25) is 4.79 Å². The maximum Gasteiger partial charge on any atom is 0.335 e. The van der Waals surface area contributed by atoms with Gasteiger partial charge in [0.05, 0.1) is 22.5 Å². The molecule has 30 heavy (non-hydrogen) atoms. The number of hydrazone groups is 1. The van der Waals surface area contributed by atoms with Crippen LogP contribution in [-0.2, 0) is 4.79 Å². The molecule has 1 aliphatic rings. The summed E-state index contributed by atoms with van der Waals surface area (Å²) in [6.45, 7) is 3.66. The summed E-state index contributed by atoms with van der Waals surface area (Å²) < 4.78 is 5.92. The highest BCUT2D eigenvalue weighted by molar-refractivity contribution is 6.32. The third-order valence-electron chi connectivity index (χ3n) is 4.87. The van der Waals surface area contributed by atoms with E-state index >= 15 is 0 Å². The summed E-state index contributed by atoms with van der Waals surface area (Å²) >= 11 is 6.20. The molecule has 6 nitrogen and oxygen atoms in total. The average Bonchev–Trinajstić information content (AvgIpc) is 3.30. The van der Waals surface area contributed by atoms with Crippen molar-refractivity contribution in [2.24, 2.45) is 5.10 Å². The van der Waals surface area contributed by atoms with Gasteiger partial charge in [-0.2, -0.15) is 10.1 Å². The minimum Gasteiger partial charge on any atom is -0.478 e. The van der Waals surface area contributed by atoms with Gasteiger partial charge in [0, 0.05) is 10.6 Å². The number of anilines is 1.